The number of nitrogens with one attached hydrogen (secondary N) is 2. The number of fused-ring (bicyclic) bond motifs is 6. The maximum atomic E-state index is 12.6. The van der Waals surface area contributed by atoms with Crippen LogP contribution < -0.4 is 29.6 Å². The van der Waals surface area contributed by atoms with Crippen LogP contribution in [0.4, 0.5) is 11.4 Å². The summed E-state index contributed by atoms with van der Waals surface area (Å²) >= 11 is 0. The third-order valence-electron chi connectivity index (χ3n) is 8.75. The molecule has 2 aromatic heterocycles. The first kappa shape index (κ1) is 36.4. The molecule has 0 fully saturated rings. The van der Waals surface area contributed by atoms with Gasteiger partial charge in [-0.1, -0.05) is 0 Å². The summed E-state index contributed by atoms with van der Waals surface area (Å²) in [7, 11) is 6.39. The summed E-state index contributed by atoms with van der Waals surface area (Å²) in [6.07, 6.45) is 9.56. The van der Waals surface area contributed by atoms with Crippen LogP contribution >= 0.6 is 12.4 Å². The Hall–Kier alpha value is -6.41. The van der Waals surface area contributed by atoms with Crippen molar-refractivity contribution in [2.24, 2.45) is 9.98 Å². The second-order valence-electron chi connectivity index (χ2n) is 11.7. The third kappa shape index (κ3) is 7.21. The number of nitrogens with zero attached hydrogens (tertiary/aromatic N) is 6. The highest BCUT2D eigenvalue weighted by Crippen LogP contribution is 2.40. The van der Waals surface area contributed by atoms with Crippen molar-refractivity contribution in [3.63, 3.8) is 0 Å². The highest BCUT2D eigenvalue weighted by molar-refractivity contribution is 6.12. The summed E-state index contributed by atoms with van der Waals surface area (Å²) < 4.78 is 21.6. The number of hydrogen-bond donors (Lipinski definition) is 2. The second-order valence-corrected chi connectivity index (χ2v) is 11.7. The summed E-state index contributed by atoms with van der Waals surface area (Å²) in [4.78, 5) is 46.4. The number of amidine groups is 2. The van der Waals surface area contributed by atoms with E-state index in [4.69, 9.17) is 18.9 Å². The monoisotopic (exact) mass is 736 g/mol. The number of ether oxygens (including phenoxy) is 4. The van der Waals surface area contributed by atoms with Gasteiger partial charge in [-0.05, 0) is 36.4 Å². The number of carbonyl (C=O) groups excluding carboxylic acids is 2. The number of carbonyl (C=O) groups is 2. The first-order valence-corrected chi connectivity index (χ1v) is 16.4. The Bertz CT molecular complexity index is 2000. The Kier molecular flexibility index (Phi) is 10.9. The lowest BCUT2D eigenvalue weighted by molar-refractivity contribution is 0.103. The van der Waals surface area contributed by atoms with Gasteiger partial charge in [-0.15, -0.1) is 12.4 Å². The van der Waals surface area contributed by atoms with Crippen LogP contribution in [0.25, 0.3) is 0 Å². The number of hydrogen-bond acceptors (Lipinski definition) is 14. The fourth-order valence-electron chi connectivity index (χ4n) is 6.23. The molecule has 0 saturated heterocycles. The molecule has 4 aromatic rings. The van der Waals surface area contributed by atoms with Gasteiger partial charge in [0.1, 0.15) is 23.3 Å². The average molecular weight is 737 g/mol. The van der Waals surface area contributed by atoms with E-state index in [-0.39, 0.29) is 24.0 Å². The van der Waals surface area contributed by atoms with E-state index in [1.54, 1.807) is 89.6 Å². The highest BCUT2D eigenvalue weighted by Gasteiger charge is 2.33. The molecule has 4 aliphatic heterocycles. The molecular weight excluding hydrogens is 700 g/mol. The largest absolute Gasteiger partial charge is 0.493 e. The Morgan fingerprint density at radius 2 is 1.04 bits per heavy atom. The van der Waals surface area contributed by atoms with E-state index in [1.165, 1.54) is 0 Å². The number of rotatable bonds is 8. The second kappa shape index (κ2) is 15.9. The van der Waals surface area contributed by atoms with Crippen molar-refractivity contribution in [2.75, 3.05) is 65.3 Å². The molecule has 2 N–H and O–H groups in total. The molecule has 0 amide bonds. The average Bonchev–Trinajstić information content (AvgIpc) is 3.90. The van der Waals surface area contributed by atoms with Crippen LogP contribution in [0.5, 0.6) is 23.0 Å². The lowest BCUT2D eigenvalue weighted by Gasteiger charge is -2.31. The zero-order valence-corrected chi connectivity index (χ0v) is 30.3. The van der Waals surface area contributed by atoms with Crippen molar-refractivity contribution in [1.29, 1.82) is 0 Å². The van der Waals surface area contributed by atoms with Gasteiger partial charge in [0, 0.05) is 84.4 Å². The molecule has 0 aliphatic carbocycles. The summed E-state index contributed by atoms with van der Waals surface area (Å²) in [5.41, 5.74) is 4.57. The van der Waals surface area contributed by atoms with Crippen molar-refractivity contribution in [1.82, 2.24) is 19.8 Å². The molecule has 0 atom stereocenters. The maximum Gasteiger partial charge on any atom is 0.191 e. The molecule has 15 heteroatoms. The smallest absolute Gasteiger partial charge is 0.191 e. The zero-order chi connectivity index (χ0) is 36.2. The van der Waals surface area contributed by atoms with Gasteiger partial charge < -0.3 is 39.4 Å². The number of aliphatic imine (C=N–C) groups is 2. The zero-order valence-electron chi connectivity index (χ0n) is 29.5. The molecule has 0 bridgehead atoms. The number of pyridine rings is 2. The Labute approximate surface area is 312 Å². The van der Waals surface area contributed by atoms with Gasteiger partial charge in [0.15, 0.2) is 34.6 Å². The van der Waals surface area contributed by atoms with Crippen LogP contribution in [0.3, 0.4) is 0 Å². The van der Waals surface area contributed by atoms with Crippen LogP contribution in [-0.4, -0.2) is 97.6 Å². The van der Waals surface area contributed by atoms with Crippen molar-refractivity contribution >= 4 is 47.0 Å². The van der Waals surface area contributed by atoms with Crippen LogP contribution in [0.2, 0.25) is 0 Å². The molecule has 6 heterocycles. The summed E-state index contributed by atoms with van der Waals surface area (Å²) in [5.74, 6) is 5.31. The third-order valence-corrected chi connectivity index (χ3v) is 8.75. The lowest BCUT2D eigenvalue weighted by atomic mass is 10.1. The van der Waals surface area contributed by atoms with Gasteiger partial charge in [-0.2, -0.15) is 0 Å². The van der Waals surface area contributed by atoms with Gasteiger partial charge in [0.2, 0.25) is 0 Å². The SMILES string of the molecule is COc1cc2c(cc1OC)C1=NCCN1C(=CC(=O)c1cccnc1)N2.COc1cc2c(cc1OC)C1=NCCN1C(=CC(=O)c1cccnc1)N2.Cl. The number of benzene rings is 2. The minimum atomic E-state index is -0.115. The number of halogens is 1. The Morgan fingerprint density at radius 3 is 1.40 bits per heavy atom. The minimum absolute atomic E-state index is 0. The fourth-order valence-corrected chi connectivity index (χ4v) is 6.23. The number of methoxy groups -OCH3 is 4. The molecule has 0 unspecified atom stereocenters. The van der Waals surface area contributed by atoms with Gasteiger partial charge in [0.05, 0.1) is 52.9 Å². The van der Waals surface area contributed by atoms with Crippen molar-refractivity contribution in [3.05, 3.63) is 119 Å². The van der Waals surface area contributed by atoms with Gasteiger partial charge >= 0.3 is 0 Å². The van der Waals surface area contributed by atoms with E-state index in [1.807, 2.05) is 34.1 Å². The summed E-state index contributed by atoms with van der Waals surface area (Å²) in [5, 5.41) is 6.65. The molecule has 272 valence electrons. The minimum Gasteiger partial charge on any atom is -0.493 e. The Balaban J connectivity index is 0.000000178. The van der Waals surface area contributed by atoms with Crippen LogP contribution in [0.1, 0.15) is 31.8 Å². The van der Waals surface area contributed by atoms with Crippen LogP contribution in [0, 0.1) is 0 Å². The number of anilines is 2. The summed E-state index contributed by atoms with van der Waals surface area (Å²) in [6, 6.07) is 14.5. The molecule has 0 radical (unpaired) electrons. The normalized spacial score (nSPS) is 16.2. The van der Waals surface area contributed by atoms with E-state index in [2.05, 4.69) is 30.6 Å². The van der Waals surface area contributed by atoms with Crippen molar-refractivity contribution < 1.29 is 28.5 Å². The standard InChI is InChI=1S/2C19H18N4O3.ClH/c2*1-25-16-8-13-14(9-17(16)26-2)22-18(23-7-6-21-19(13)23)10-15(24)12-4-3-5-20-11-12;/h2*3-5,8-11,22H,6-7H2,1-2H3;1H. The van der Waals surface area contributed by atoms with Crippen LogP contribution in [-0.2, 0) is 0 Å². The molecule has 53 heavy (non-hydrogen) atoms. The van der Waals surface area contributed by atoms with Gasteiger partial charge in [0.25, 0.3) is 0 Å². The maximum absolute atomic E-state index is 12.6. The van der Waals surface area contributed by atoms with Gasteiger partial charge in [-0.3, -0.25) is 29.5 Å². The first-order chi connectivity index (χ1) is 25.4. The van der Waals surface area contributed by atoms with Crippen molar-refractivity contribution in [2.45, 2.75) is 0 Å². The van der Waals surface area contributed by atoms with E-state index in [0.29, 0.717) is 71.9 Å². The summed E-state index contributed by atoms with van der Waals surface area (Å²) in [6.45, 7) is 2.76. The van der Waals surface area contributed by atoms with E-state index in [0.717, 1.165) is 34.2 Å². The van der Waals surface area contributed by atoms with E-state index >= 15 is 0 Å². The number of aromatic nitrogens is 2. The molecule has 8 rings (SSSR count). The fraction of sp³-hybridized carbons (Fsp3) is 0.211. The molecular formula is C38H37ClN8O6. The number of ketones is 2. The van der Waals surface area contributed by atoms with E-state index < -0.39 is 0 Å². The quantitative estimate of drug-likeness (QED) is 0.184. The highest BCUT2D eigenvalue weighted by atomic mass is 35.5. The van der Waals surface area contributed by atoms with Crippen molar-refractivity contribution in [3.8, 4) is 23.0 Å². The molecule has 4 aliphatic rings. The molecule has 0 spiro atoms. The Morgan fingerprint density at radius 1 is 0.642 bits per heavy atom. The predicted molar refractivity (Wildman–Crippen MR) is 203 cm³/mol. The number of allylic oxidation sites excluding steroid dienone is 2. The molecule has 14 nitrogen and oxygen atoms in total. The predicted octanol–water partition coefficient (Wildman–Crippen LogP) is 5.04. The molecule has 0 saturated carbocycles. The van der Waals surface area contributed by atoms with Gasteiger partial charge in [-0.25, -0.2) is 0 Å². The van der Waals surface area contributed by atoms with E-state index in [9.17, 15) is 9.59 Å². The molecule has 2 aromatic carbocycles. The first-order valence-electron chi connectivity index (χ1n) is 16.4. The lowest BCUT2D eigenvalue weighted by Crippen LogP contribution is -2.36. The van der Waals surface area contributed by atoms with Crippen LogP contribution in [0.15, 0.2) is 107 Å². The topological polar surface area (TPSA) is 152 Å².